The largest absolute Gasteiger partial charge is 0.485 e. The van der Waals surface area contributed by atoms with E-state index in [4.69, 9.17) is 9.47 Å². The number of ether oxygens (including phenoxy) is 2. The van der Waals surface area contributed by atoms with E-state index < -0.39 is 21.6 Å². The lowest BCUT2D eigenvalue weighted by Crippen LogP contribution is -2.49. The SMILES string of the molecule is CC(C)CN(C[C@H](O)CCc1ccccc1)S(=O)(=O)C1COc2ccccc2O1. The van der Waals surface area contributed by atoms with E-state index >= 15 is 0 Å². The number of hydrogen-bond donors (Lipinski definition) is 1. The van der Waals surface area contributed by atoms with Gasteiger partial charge in [0.2, 0.25) is 5.44 Å². The van der Waals surface area contributed by atoms with E-state index in [1.807, 2.05) is 50.2 Å². The van der Waals surface area contributed by atoms with Gasteiger partial charge in [-0.25, -0.2) is 8.42 Å². The molecule has 1 aliphatic heterocycles. The molecule has 29 heavy (non-hydrogen) atoms. The number of sulfonamides is 1. The molecule has 0 amide bonds. The number of para-hydroxylation sites is 2. The Hall–Kier alpha value is -2.09. The van der Waals surface area contributed by atoms with Crippen LogP contribution in [0.1, 0.15) is 25.8 Å². The van der Waals surface area contributed by atoms with Crippen LogP contribution in [0.15, 0.2) is 54.6 Å². The van der Waals surface area contributed by atoms with Gasteiger partial charge in [0, 0.05) is 13.1 Å². The normalized spacial score (nSPS) is 17.5. The Morgan fingerprint density at radius 1 is 1.03 bits per heavy atom. The molecule has 0 saturated carbocycles. The summed E-state index contributed by atoms with van der Waals surface area (Å²) in [5, 5.41) is 10.5. The lowest BCUT2D eigenvalue weighted by Gasteiger charge is -2.32. The fourth-order valence-electron chi connectivity index (χ4n) is 3.31. The first-order chi connectivity index (χ1) is 13.9. The summed E-state index contributed by atoms with van der Waals surface area (Å²) in [7, 11) is -3.81. The Labute approximate surface area is 173 Å². The first kappa shape index (κ1) is 21.6. The molecule has 3 rings (SSSR count). The van der Waals surface area contributed by atoms with E-state index in [1.165, 1.54) is 4.31 Å². The average Bonchev–Trinajstić information content (AvgIpc) is 2.72. The van der Waals surface area contributed by atoms with Crippen LogP contribution in [0.2, 0.25) is 0 Å². The van der Waals surface area contributed by atoms with Crippen molar-refractivity contribution in [2.45, 2.75) is 38.2 Å². The van der Waals surface area contributed by atoms with Crippen LogP contribution in [-0.2, 0) is 16.4 Å². The minimum atomic E-state index is -3.81. The van der Waals surface area contributed by atoms with E-state index in [0.717, 1.165) is 5.56 Å². The molecular weight excluding hydrogens is 390 g/mol. The topological polar surface area (TPSA) is 76.1 Å². The zero-order valence-electron chi connectivity index (χ0n) is 16.9. The maximum atomic E-state index is 13.3. The van der Waals surface area contributed by atoms with Gasteiger partial charge in [0.25, 0.3) is 10.0 Å². The number of aliphatic hydroxyl groups excluding tert-OH is 1. The summed E-state index contributed by atoms with van der Waals surface area (Å²) in [6, 6.07) is 16.9. The fraction of sp³-hybridized carbons (Fsp3) is 0.455. The molecule has 158 valence electrons. The van der Waals surface area contributed by atoms with Crippen LogP contribution in [0, 0.1) is 5.92 Å². The highest BCUT2D eigenvalue weighted by atomic mass is 32.2. The van der Waals surface area contributed by atoms with Gasteiger partial charge in [-0.3, -0.25) is 0 Å². The minimum absolute atomic E-state index is 0.0366. The summed E-state index contributed by atoms with van der Waals surface area (Å²) < 4.78 is 39.2. The van der Waals surface area contributed by atoms with Crippen molar-refractivity contribution in [2.75, 3.05) is 19.7 Å². The summed E-state index contributed by atoms with van der Waals surface area (Å²) in [6.45, 7) is 4.17. The van der Waals surface area contributed by atoms with E-state index in [0.29, 0.717) is 30.9 Å². The van der Waals surface area contributed by atoms with Crippen molar-refractivity contribution in [3.63, 3.8) is 0 Å². The summed E-state index contributed by atoms with van der Waals surface area (Å²) in [4.78, 5) is 0. The van der Waals surface area contributed by atoms with E-state index in [2.05, 4.69) is 0 Å². The average molecular weight is 420 g/mol. The lowest BCUT2D eigenvalue weighted by atomic mass is 10.1. The predicted molar refractivity (Wildman–Crippen MR) is 112 cm³/mol. The molecule has 0 aliphatic carbocycles. The first-order valence-corrected chi connectivity index (χ1v) is 11.5. The highest BCUT2D eigenvalue weighted by molar-refractivity contribution is 7.89. The highest BCUT2D eigenvalue weighted by Gasteiger charge is 2.38. The second-order valence-electron chi connectivity index (χ2n) is 7.74. The molecule has 6 nitrogen and oxygen atoms in total. The van der Waals surface area contributed by atoms with E-state index in [-0.39, 0.29) is 19.1 Å². The van der Waals surface area contributed by atoms with Gasteiger partial charge < -0.3 is 14.6 Å². The number of aliphatic hydroxyl groups is 1. The maximum Gasteiger partial charge on any atom is 0.255 e. The second kappa shape index (κ2) is 9.61. The third-order valence-corrected chi connectivity index (χ3v) is 6.68. The molecule has 0 fully saturated rings. The molecule has 2 aromatic rings. The third kappa shape index (κ3) is 5.72. The molecular formula is C22H29NO5S. The predicted octanol–water partition coefficient (Wildman–Crippen LogP) is 3.07. The summed E-state index contributed by atoms with van der Waals surface area (Å²) >= 11 is 0. The molecule has 0 bridgehead atoms. The van der Waals surface area contributed by atoms with Crippen molar-refractivity contribution in [3.8, 4) is 11.5 Å². The van der Waals surface area contributed by atoms with Crippen molar-refractivity contribution in [1.29, 1.82) is 0 Å². The van der Waals surface area contributed by atoms with Crippen LogP contribution in [0.3, 0.4) is 0 Å². The van der Waals surface area contributed by atoms with Gasteiger partial charge in [-0.2, -0.15) is 4.31 Å². The standard InChI is InChI=1S/C22H29NO5S/c1-17(2)14-23(15-19(24)13-12-18-8-4-3-5-9-18)29(25,26)22-16-27-20-10-6-7-11-21(20)28-22/h3-11,17,19,22,24H,12-16H2,1-2H3/t19-,22?/m1/s1. The third-order valence-electron chi connectivity index (χ3n) is 4.77. The fourth-order valence-corrected chi connectivity index (χ4v) is 4.99. The van der Waals surface area contributed by atoms with Gasteiger partial charge in [-0.15, -0.1) is 0 Å². The van der Waals surface area contributed by atoms with Crippen molar-refractivity contribution in [1.82, 2.24) is 4.31 Å². The molecule has 0 aromatic heterocycles. The Morgan fingerprint density at radius 3 is 2.38 bits per heavy atom. The smallest absolute Gasteiger partial charge is 0.255 e. The molecule has 1 N–H and O–H groups in total. The second-order valence-corrected chi connectivity index (χ2v) is 9.81. The van der Waals surface area contributed by atoms with Crippen molar-refractivity contribution >= 4 is 10.0 Å². The number of nitrogens with zero attached hydrogens (tertiary/aromatic N) is 1. The van der Waals surface area contributed by atoms with Crippen LogP contribution in [0.5, 0.6) is 11.5 Å². The minimum Gasteiger partial charge on any atom is -0.485 e. The monoisotopic (exact) mass is 419 g/mol. The van der Waals surface area contributed by atoms with Gasteiger partial charge in [-0.1, -0.05) is 56.3 Å². The maximum absolute atomic E-state index is 13.3. The van der Waals surface area contributed by atoms with E-state index in [9.17, 15) is 13.5 Å². The molecule has 0 spiro atoms. The van der Waals surface area contributed by atoms with Crippen molar-refractivity contribution in [3.05, 3.63) is 60.2 Å². The number of rotatable bonds is 9. The van der Waals surface area contributed by atoms with Crippen molar-refractivity contribution in [2.24, 2.45) is 5.92 Å². The molecule has 1 aliphatic rings. The molecule has 2 atom stereocenters. The number of benzene rings is 2. The number of hydrogen-bond acceptors (Lipinski definition) is 5. The summed E-state index contributed by atoms with van der Waals surface area (Å²) in [5.41, 5.74) is -0.0112. The first-order valence-electron chi connectivity index (χ1n) is 9.95. The highest BCUT2D eigenvalue weighted by Crippen LogP contribution is 2.33. The Kier molecular flexibility index (Phi) is 7.16. The van der Waals surface area contributed by atoms with E-state index in [1.54, 1.807) is 18.2 Å². The van der Waals surface area contributed by atoms with Gasteiger partial charge >= 0.3 is 0 Å². The lowest BCUT2D eigenvalue weighted by molar-refractivity contribution is 0.116. The van der Waals surface area contributed by atoms with Crippen LogP contribution >= 0.6 is 0 Å². The van der Waals surface area contributed by atoms with Crippen LogP contribution < -0.4 is 9.47 Å². The molecule has 0 radical (unpaired) electrons. The summed E-state index contributed by atoms with van der Waals surface area (Å²) in [5.74, 6) is 1.07. The van der Waals surface area contributed by atoms with Gasteiger partial charge in [-0.05, 0) is 36.5 Å². The summed E-state index contributed by atoms with van der Waals surface area (Å²) in [6.07, 6.45) is 0.410. The number of aryl methyl sites for hydroxylation is 1. The Bertz CT molecular complexity index is 885. The number of fused-ring (bicyclic) bond motifs is 1. The van der Waals surface area contributed by atoms with Gasteiger partial charge in [0.15, 0.2) is 11.5 Å². The van der Waals surface area contributed by atoms with Crippen LogP contribution in [-0.4, -0.2) is 49.1 Å². The molecule has 2 aromatic carbocycles. The van der Waals surface area contributed by atoms with Gasteiger partial charge in [0.1, 0.15) is 6.61 Å². The Balaban J connectivity index is 1.68. The zero-order valence-corrected chi connectivity index (χ0v) is 17.7. The molecule has 1 heterocycles. The van der Waals surface area contributed by atoms with Crippen molar-refractivity contribution < 1.29 is 23.0 Å². The Morgan fingerprint density at radius 2 is 1.69 bits per heavy atom. The molecule has 1 unspecified atom stereocenters. The molecule has 0 saturated heterocycles. The zero-order chi connectivity index (χ0) is 20.9. The van der Waals surface area contributed by atoms with Gasteiger partial charge in [0.05, 0.1) is 6.10 Å². The van der Waals surface area contributed by atoms with Crippen LogP contribution in [0.4, 0.5) is 0 Å². The quantitative estimate of drug-likeness (QED) is 0.676. The molecule has 7 heteroatoms. The van der Waals surface area contributed by atoms with Crippen LogP contribution in [0.25, 0.3) is 0 Å².